The lowest BCUT2D eigenvalue weighted by Gasteiger charge is -2.31. The molecule has 1 amide bonds. The summed E-state index contributed by atoms with van der Waals surface area (Å²) in [6.07, 6.45) is 2.88. The average Bonchev–Trinajstić information content (AvgIpc) is 2.38. The van der Waals surface area contributed by atoms with Gasteiger partial charge in [0, 0.05) is 25.2 Å². The first-order valence-electron chi connectivity index (χ1n) is 6.53. The Kier molecular flexibility index (Phi) is 4.21. The second kappa shape index (κ2) is 5.88. The molecule has 19 heavy (non-hydrogen) atoms. The number of hydrogen-bond acceptors (Lipinski definition) is 4. The lowest BCUT2D eigenvalue weighted by atomic mass is 9.93. The van der Waals surface area contributed by atoms with E-state index in [2.05, 4.69) is 4.98 Å². The number of nitrogens with two attached hydrogens (primary N) is 1. The number of piperidine rings is 1. The summed E-state index contributed by atoms with van der Waals surface area (Å²) in [7, 11) is 0. The number of aromatic hydroxyl groups is 1. The van der Waals surface area contributed by atoms with Crippen LogP contribution in [-0.4, -0.2) is 40.5 Å². The number of aromatic nitrogens is 1. The third-order valence-corrected chi connectivity index (χ3v) is 3.55. The molecule has 0 saturated carbocycles. The zero-order chi connectivity index (χ0) is 13.8. The molecule has 2 heterocycles. The monoisotopic (exact) mass is 265 g/mol. The van der Waals surface area contributed by atoms with Gasteiger partial charge in [-0.15, -0.1) is 0 Å². The van der Waals surface area contributed by atoms with Crippen molar-refractivity contribution in [2.75, 3.05) is 19.6 Å². The number of aromatic amines is 1. The average molecular weight is 265 g/mol. The zero-order valence-electron chi connectivity index (χ0n) is 10.8. The van der Waals surface area contributed by atoms with Crippen LogP contribution in [0.3, 0.4) is 0 Å². The Morgan fingerprint density at radius 2 is 2.11 bits per heavy atom. The van der Waals surface area contributed by atoms with Gasteiger partial charge in [0.1, 0.15) is 0 Å². The summed E-state index contributed by atoms with van der Waals surface area (Å²) in [6, 6.07) is 2.50. The van der Waals surface area contributed by atoms with Crippen molar-refractivity contribution in [1.29, 1.82) is 0 Å². The van der Waals surface area contributed by atoms with Gasteiger partial charge < -0.3 is 15.7 Å². The van der Waals surface area contributed by atoms with Gasteiger partial charge in [-0.3, -0.25) is 14.6 Å². The van der Waals surface area contributed by atoms with Crippen molar-refractivity contribution >= 4 is 5.91 Å². The highest BCUT2D eigenvalue weighted by atomic mass is 16.3. The Morgan fingerprint density at radius 1 is 1.42 bits per heavy atom. The number of hydrogen-bond donors (Lipinski definition) is 3. The SMILES string of the molecule is NCCC1CCN(C(=O)c2cc(O)[nH]c(=O)c2)CC1. The van der Waals surface area contributed by atoms with Gasteiger partial charge in [0.2, 0.25) is 0 Å². The maximum atomic E-state index is 12.2. The molecule has 0 spiro atoms. The van der Waals surface area contributed by atoms with E-state index in [1.54, 1.807) is 4.90 Å². The summed E-state index contributed by atoms with van der Waals surface area (Å²) in [4.78, 5) is 27.4. The van der Waals surface area contributed by atoms with Gasteiger partial charge in [-0.05, 0) is 31.7 Å². The maximum Gasteiger partial charge on any atom is 0.254 e. The van der Waals surface area contributed by atoms with Crippen LogP contribution in [0.1, 0.15) is 29.6 Å². The predicted molar refractivity (Wildman–Crippen MR) is 71.0 cm³/mol. The van der Waals surface area contributed by atoms with E-state index < -0.39 is 5.56 Å². The van der Waals surface area contributed by atoms with Gasteiger partial charge in [-0.2, -0.15) is 0 Å². The lowest BCUT2D eigenvalue weighted by molar-refractivity contribution is 0.0687. The van der Waals surface area contributed by atoms with Gasteiger partial charge >= 0.3 is 0 Å². The fourth-order valence-electron chi connectivity index (χ4n) is 2.50. The number of pyridine rings is 1. The maximum absolute atomic E-state index is 12.2. The van der Waals surface area contributed by atoms with Gasteiger partial charge in [0.05, 0.1) is 5.56 Å². The largest absolute Gasteiger partial charge is 0.494 e. The molecule has 0 atom stereocenters. The Balaban J connectivity index is 2.03. The molecule has 6 heteroatoms. The molecule has 4 N–H and O–H groups in total. The molecular weight excluding hydrogens is 246 g/mol. The number of likely N-dealkylation sites (tertiary alicyclic amines) is 1. The first-order valence-corrected chi connectivity index (χ1v) is 6.53. The van der Waals surface area contributed by atoms with Crippen LogP contribution in [-0.2, 0) is 0 Å². The van der Waals surface area contributed by atoms with Crippen molar-refractivity contribution in [1.82, 2.24) is 9.88 Å². The quantitative estimate of drug-likeness (QED) is 0.731. The molecule has 0 unspecified atom stereocenters. The molecular formula is C13H19N3O3. The minimum absolute atomic E-state index is 0.201. The summed E-state index contributed by atoms with van der Waals surface area (Å²) in [6.45, 7) is 2.04. The van der Waals surface area contributed by atoms with Crippen LogP contribution in [0.25, 0.3) is 0 Å². The van der Waals surface area contributed by atoms with Gasteiger partial charge in [0.25, 0.3) is 11.5 Å². The standard InChI is InChI=1S/C13H19N3O3/c14-4-1-9-2-5-16(6-3-9)13(19)10-7-11(17)15-12(18)8-10/h7-9H,1-6,14H2,(H2,15,17,18). The summed E-state index contributed by atoms with van der Waals surface area (Å²) >= 11 is 0. The van der Waals surface area contributed by atoms with Crippen molar-refractivity contribution < 1.29 is 9.90 Å². The molecule has 0 bridgehead atoms. The third kappa shape index (κ3) is 3.35. The Hall–Kier alpha value is -1.82. The first kappa shape index (κ1) is 13.6. The molecule has 6 nitrogen and oxygen atoms in total. The predicted octanol–water partition coefficient (Wildman–Crippen LogP) is 0.282. The molecule has 1 fully saturated rings. The molecule has 0 aromatic carbocycles. The number of amides is 1. The van der Waals surface area contributed by atoms with Crippen molar-refractivity contribution in [2.24, 2.45) is 11.7 Å². The summed E-state index contributed by atoms with van der Waals surface area (Å²) in [5.41, 5.74) is 5.30. The number of nitrogens with zero attached hydrogens (tertiary/aromatic N) is 1. The highest BCUT2D eigenvalue weighted by molar-refractivity contribution is 5.94. The highest BCUT2D eigenvalue weighted by Crippen LogP contribution is 2.21. The first-order chi connectivity index (χ1) is 9.10. The zero-order valence-corrected chi connectivity index (χ0v) is 10.8. The fourth-order valence-corrected chi connectivity index (χ4v) is 2.50. The third-order valence-electron chi connectivity index (χ3n) is 3.55. The van der Waals surface area contributed by atoms with Crippen molar-refractivity contribution in [2.45, 2.75) is 19.3 Å². The van der Waals surface area contributed by atoms with E-state index in [1.807, 2.05) is 0 Å². The molecule has 2 rings (SSSR count). The molecule has 1 aromatic rings. The molecule has 1 aromatic heterocycles. The van der Waals surface area contributed by atoms with Crippen LogP contribution in [0.5, 0.6) is 5.88 Å². The van der Waals surface area contributed by atoms with Crippen molar-refractivity contribution in [3.05, 3.63) is 28.0 Å². The highest BCUT2D eigenvalue weighted by Gasteiger charge is 2.23. The van der Waals surface area contributed by atoms with Gasteiger partial charge in [0.15, 0.2) is 5.88 Å². The minimum atomic E-state index is -0.471. The van der Waals surface area contributed by atoms with Crippen molar-refractivity contribution in [3.8, 4) is 5.88 Å². The second-order valence-electron chi connectivity index (χ2n) is 4.93. The molecule has 0 radical (unpaired) electrons. The summed E-state index contributed by atoms with van der Waals surface area (Å²) < 4.78 is 0. The van der Waals surface area contributed by atoms with E-state index in [4.69, 9.17) is 5.73 Å². The normalized spacial score (nSPS) is 16.6. The smallest absolute Gasteiger partial charge is 0.254 e. The van der Waals surface area contributed by atoms with E-state index in [1.165, 1.54) is 12.1 Å². The van der Waals surface area contributed by atoms with Crippen LogP contribution < -0.4 is 11.3 Å². The number of carbonyl (C=O) groups is 1. The number of H-pyrrole nitrogens is 1. The van der Waals surface area contributed by atoms with Crippen LogP contribution >= 0.6 is 0 Å². The molecule has 1 aliphatic heterocycles. The van der Waals surface area contributed by atoms with Gasteiger partial charge in [-0.25, -0.2) is 0 Å². The molecule has 0 aliphatic carbocycles. The Labute approximate surface area is 111 Å². The molecule has 104 valence electrons. The number of nitrogens with one attached hydrogen (secondary N) is 1. The van der Waals surface area contributed by atoms with Gasteiger partial charge in [-0.1, -0.05) is 0 Å². The molecule has 1 saturated heterocycles. The van der Waals surface area contributed by atoms with Crippen molar-refractivity contribution in [3.63, 3.8) is 0 Å². The second-order valence-corrected chi connectivity index (χ2v) is 4.93. The number of rotatable bonds is 3. The molecule has 1 aliphatic rings. The van der Waals surface area contributed by atoms with Crippen LogP contribution in [0.4, 0.5) is 0 Å². The number of carbonyl (C=O) groups excluding carboxylic acids is 1. The summed E-state index contributed by atoms with van der Waals surface area (Å²) in [5, 5.41) is 9.31. The van der Waals surface area contributed by atoms with E-state index >= 15 is 0 Å². The minimum Gasteiger partial charge on any atom is -0.494 e. The van der Waals surface area contributed by atoms with E-state index in [0.29, 0.717) is 25.6 Å². The van der Waals surface area contributed by atoms with E-state index in [9.17, 15) is 14.7 Å². The topological polar surface area (TPSA) is 99.4 Å². The van der Waals surface area contributed by atoms with Crippen LogP contribution in [0.15, 0.2) is 16.9 Å². The summed E-state index contributed by atoms with van der Waals surface area (Å²) in [5.74, 6) is 0.100. The lowest BCUT2D eigenvalue weighted by Crippen LogP contribution is -2.39. The van der Waals surface area contributed by atoms with E-state index in [0.717, 1.165) is 19.3 Å². The fraction of sp³-hybridized carbons (Fsp3) is 0.538. The Morgan fingerprint density at radius 3 is 2.68 bits per heavy atom. The van der Waals surface area contributed by atoms with Crippen LogP contribution in [0, 0.1) is 5.92 Å². The van der Waals surface area contributed by atoms with E-state index in [-0.39, 0.29) is 17.4 Å². The Bertz CT molecular complexity index is 504. The van der Waals surface area contributed by atoms with Crippen LogP contribution in [0.2, 0.25) is 0 Å².